The molecule has 120 valence electrons. The van der Waals surface area contributed by atoms with Crippen LogP contribution >= 0.6 is 0 Å². The van der Waals surface area contributed by atoms with E-state index >= 15 is 0 Å². The molecule has 1 N–H and O–H groups in total. The number of anilines is 1. The van der Waals surface area contributed by atoms with Crippen molar-refractivity contribution in [1.29, 1.82) is 0 Å². The molecule has 0 saturated heterocycles. The van der Waals surface area contributed by atoms with Gasteiger partial charge in [0.15, 0.2) is 0 Å². The zero-order chi connectivity index (χ0) is 16.6. The Morgan fingerprint density at radius 1 is 1.09 bits per heavy atom. The maximum Gasteiger partial charge on any atom is 0.573 e. The number of amides is 1. The maximum absolute atomic E-state index is 12.6. The number of nitrogens with zero attached hydrogens (tertiary/aromatic N) is 1. The van der Waals surface area contributed by atoms with Gasteiger partial charge in [-0.2, -0.15) is 0 Å². The van der Waals surface area contributed by atoms with Crippen molar-refractivity contribution in [2.24, 2.45) is 0 Å². The van der Waals surface area contributed by atoms with Crippen LogP contribution in [0.4, 0.5) is 18.9 Å². The molecule has 0 bridgehead atoms. The van der Waals surface area contributed by atoms with E-state index in [0.717, 1.165) is 0 Å². The number of fused-ring (bicyclic) bond motifs is 1. The molecular formula is C16H13F3N2O2. The summed E-state index contributed by atoms with van der Waals surface area (Å²) in [6, 6.07) is 12.7. The summed E-state index contributed by atoms with van der Waals surface area (Å²) in [4.78, 5) is 13.9. The molecule has 0 fully saturated rings. The van der Waals surface area contributed by atoms with E-state index in [1.165, 1.54) is 18.2 Å². The Balaban J connectivity index is 2.02. The molecule has 2 aromatic rings. The lowest BCUT2D eigenvalue weighted by atomic mass is 10.0. The first-order valence-electron chi connectivity index (χ1n) is 6.84. The second-order valence-electron chi connectivity index (χ2n) is 5.09. The third-order valence-electron chi connectivity index (χ3n) is 3.62. The van der Waals surface area contributed by atoms with E-state index in [2.05, 4.69) is 10.1 Å². The lowest BCUT2D eigenvalue weighted by Crippen LogP contribution is -2.44. The normalized spacial score (nSPS) is 17.5. The minimum atomic E-state index is -4.80. The molecule has 0 aromatic heterocycles. The third kappa shape index (κ3) is 2.94. The van der Waals surface area contributed by atoms with Crippen molar-refractivity contribution in [3.63, 3.8) is 0 Å². The largest absolute Gasteiger partial charge is 0.573 e. The fraction of sp³-hybridized carbons (Fsp3) is 0.188. The molecule has 1 atom stereocenters. The van der Waals surface area contributed by atoms with Crippen molar-refractivity contribution >= 4 is 11.6 Å². The first kappa shape index (κ1) is 15.2. The highest BCUT2D eigenvalue weighted by atomic mass is 19.4. The molecule has 0 spiro atoms. The van der Waals surface area contributed by atoms with E-state index in [1.807, 2.05) is 0 Å². The third-order valence-corrected chi connectivity index (χ3v) is 3.62. The van der Waals surface area contributed by atoms with Crippen LogP contribution in [0.25, 0.3) is 0 Å². The van der Waals surface area contributed by atoms with Crippen molar-refractivity contribution in [1.82, 2.24) is 5.32 Å². The van der Waals surface area contributed by atoms with Crippen LogP contribution in [0.1, 0.15) is 22.1 Å². The predicted octanol–water partition coefficient (Wildman–Crippen LogP) is 3.46. The van der Waals surface area contributed by atoms with Crippen LogP contribution in [0.2, 0.25) is 0 Å². The minimum Gasteiger partial charge on any atom is -0.405 e. The number of para-hydroxylation sites is 2. The minimum absolute atomic E-state index is 0.232. The van der Waals surface area contributed by atoms with Gasteiger partial charge in [0.1, 0.15) is 11.9 Å². The standard InChI is InChI=1S/C16H13F3N2O2/c1-21-12-8-4-2-6-10(12)15(22)20-14(21)11-7-3-5-9-13(11)23-16(17,18)19/h2-9,14H,1H3,(H,20,22). The van der Waals surface area contributed by atoms with Crippen LogP contribution in [0.3, 0.4) is 0 Å². The number of ether oxygens (including phenoxy) is 1. The quantitative estimate of drug-likeness (QED) is 0.920. The van der Waals surface area contributed by atoms with E-state index in [9.17, 15) is 18.0 Å². The Bertz CT molecular complexity index is 746. The molecule has 4 nitrogen and oxygen atoms in total. The Labute approximate surface area is 130 Å². The summed E-state index contributed by atoms with van der Waals surface area (Å²) in [6.45, 7) is 0. The van der Waals surface area contributed by atoms with Gasteiger partial charge in [0.05, 0.1) is 11.3 Å². The average molecular weight is 322 g/mol. The Kier molecular flexibility index (Phi) is 3.63. The first-order valence-corrected chi connectivity index (χ1v) is 6.84. The Morgan fingerprint density at radius 2 is 1.74 bits per heavy atom. The predicted molar refractivity (Wildman–Crippen MR) is 78.2 cm³/mol. The monoisotopic (exact) mass is 322 g/mol. The molecule has 1 aliphatic rings. The van der Waals surface area contributed by atoms with Crippen LogP contribution in [-0.2, 0) is 0 Å². The molecule has 0 aliphatic carbocycles. The highest BCUT2D eigenvalue weighted by molar-refractivity contribution is 6.02. The molecule has 0 radical (unpaired) electrons. The van der Waals surface area contributed by atoms with Gasteiger partial charge in [0, 0.05) is 12.6 Å². The van der Waals surface area contributed by atoms with Gasteiger partial charge in [-0.15, -0.1) is 13.2 Å². The lowest BCUT2D eigenvalue weighted by molar-refractivity contribution is -0.275. The van der Waals surface area contributed by atoms with Gasteiger partial charge in [-0.1, -0.05) is 30.3 Å². The fourth-order valence-electron chi connectivity index (χ4n) is 2.62. The fourth-order valence-corrected chi connectivity index (χ4v) is 2.62. The maximum atomic E-state index is 12.6. The van der Waals surface area contributed by atoms with Crippen molar-refractivity contribution in [2.45, 2.75) is 12.5 Å². The summed E-state index contributed by atoms with van der Waals surface area (Å²) < 4.78 is 41.8. The number of carbonyl (C=O) groups excluding carboxylic acids is 1. The van der Waals surface area contributed by atoms with Crippen LogP contribution in [0.15, 0.2) is 48.5 Å². The molecule has 3 rings (SSSR count). The zero-order valence-corrected chi connectivity index (χ0v) is 12.1. The highest BCUT2D eigenvalue weighted by Gasteiger charge is 2.35. The zero-order valence-electron chi connectivity index (χ0n) is 12.1. The average Bonchev–Trinajstić information content (AvgIpc) is 2.50. The number of alkyl halides is 3. The SMILES string of the molecule is CN1c2ccccc2C(=O)NC1c1ccccc1OC(F)(F)F. The van der Waals surface area contributed by atoms with Crippen molar-refractivity contribution in [2.75, 3.05) is 11.9 Å². The summed E-state index contributed by atoms with van der Waals surface area (Å²) in [5, 5.41) is 2.70. The molecule has 1 amide bonds. The topological polar surface area (TPSA) is 41.6 Å². The molecule has 1 aliphatic heterocycles. The number of nitrogens with one attached hydrogen (secondary N) is 1. The molecule has 1 heterocycles. The number of hydrogen-bond acceptors (Lipinski definition) is 3. The number of halogens is 3. The van der Waals surface area contributed by atoms with Gasteiger partial charge in [-0.25, -0.2) is 0 Å². The summed E-state index contributed by atoms with van der Waals surface area (Å²) in [5.74, 6) is -0.679. The van der Waals surface area contributed by atoms with Crippen LogP contribution in [-0.4, -0.2) is 19.3 Å². The Morgan fingerprint density at radius 3 is 2.48 bits per heavy atom. The van der Waals surface area contributed by atoms with Crippen molar-refractivity contribution in [3.05, 3.63) is 59.7 Å². The van der Waals surface area contributed by atoms with Gasteiger partial charge >= 0.3 is 6.36 Å². The van der Waals surface area contributed by atoms with Crippen LogP contribution in [0.5, 0.6) is 5.75 Å². The highest BCUT2D eigenvalue weighted by Crippen LogP contribution is 2.36. The van der Waals surface area contributed by atoms with Crippen molar-refractivity contribution in [3.8, 4) is 5.75 Å². The number of carbonyl (C=O) groups is 1. The molecule has 23 heavy (non-hydrogen) atoms. The van der Waals surface area contributed by atoms with Gasteiger partial charge < -0.3 is 15.0 Å². The lowest BCUT2D eigenvalue weighted by Gasteiger charge is -2.37. The summed E-state index contributed by atoms with van der Waals surface area (Å²) in [6.07, 6.45) is -5.55. The number of benzene rings is 2. The van der Waals surface area contributed by atoms with Gasteiger partial charge in [-0.3, -0.25) is 4.79 Å². The summed E-state index contributed by atoms with van der Waals surface area (Å²) in [5.41, 5.74) is 1.35. The van der Waals surface area contributed by atoms with E-state index in [0.29, 0.717) is 11.3 Å². The van der Waals surface area contributed by atoms with Gasteiger partial charge in [-0.05, 0) is 18.2 Å². The molecule has 1 unspecified atom stereocenters. The second kappa shape index (κ2) is 5.49. The van der Waals surface area contributed by atoms with E-state index in [1.54, 1.807) is 42.3 Å². The van der Waals surface area contributed by atoms with E-state index < -0.39 is 12.5 Å². The smallest absolute Gasteiger partial charge is 0.405 e. The molecule has 0 saturated carbocycles. The van der Waals surface area contributed by atoms with Crippen molar-refractivity contribution < 1.29 is 22.7 Å². The summed E-state index contributed by atoms with van der Waals surface area (Å²) >= 11 is 0. The first-order chi connectivity index (χ1) is 10.9. The molecular weight excluding hydrogens is 309 g/mol. The number of rotatable bonds is 2. The Hall–Kier alpha value is -2.70. The van der Waals surface area contributed by atoms with Crippen LogP contribution in [0, 0.1) is 0 Å². The van der Waals surface area contributed by atoms with E-state index in [4.69, 9.17) is 0 Å². The molecule has 7 heteroatoms. The van der Waals surface area contributed by atoms with E-state index in [-0.39, 0.29) is 17.2 Å². The van der Waals surface area contributed by atoms with Crippen LogP contribution < -0.4 is 15.0 Å². The second-order valence-corrected chi connectivity index (χ2v) is 5.09. The van der Waals surface area contributed by atoms with Gasteiger partial charge in [0.2, 0.25) is 0 Å². The van der Waals surface area contributed by atoms with Gasteiger partial charge in [0.25, 0.3) is 5.91 Å². The number of hydrogen-bond donors (Lipinski definition) is 1. The summed E-state index contributed by atoms with van der Waals surface area (Å²) in [7, 11) is 1.70. The molecule has 2 aromatic carbocycles.